The van der Waals surface area contributed by atoms with E-state index in [0.717, 1.165) is 9.87 Å². The molecule has 6 nitrogen and oxygen atoms in total. The van der Waals surface area contributed by atoms with Gasteiger partial charge in [0.2, 0.25) is 10.0 Å². The van der Waals surface area contributed by atoms with E-state index in [2.05, 4.69) is 0 Å². The van der Waals surface area contributed by atoms with E-state index >= 15 is 0 Å². The Morgan fingerprint density at radius 1 is 1.21 bits per heavy atom. The first-order valence-corrected chi connectivity index (χ1v) is 9.01. The molecule has 0 amide bonds. The van der Waals surface area contributed by atoms with E-state index in [1.807, 2.05) is 6.92 Å². The summed E-state index contributed by atoms with van der Waals surface area (Å²) < 4.78 is 37.1. The highest BCUT2D eigenvalue weighted by Gasteiger charge is 2.28. The lowest BCUT2D eigenvalue weighted by Crippen LogP contribution is -2.36. The Morgan fingerprint density at radius 3 is 2.42 bits per heavy atom. The molecular formula is C17H21NO5S. The number of carbonyl (C=O) groups is 1. The van der Waals surface area contributed by atoms with Crippen molar-refractivity contribution in [3.63, 3.8) is 0 Å². The van der Waals surface area contributed by atoms with Crippen molar-refractivity contribution in [2.24, 2.45) is 0 Å². The van der Waals surface area contributed by atoms with Crippen LogP contribution in [0.15, 0.2) is 52.0 Å². The summed E-state index contributed by atoms with van der Waals surface area (Å²) >= 11 is 0. The van der Waals surface area contributed by atoms with Crippen molar-refractivity contribution in [2.75, 3.05) is 6.54 Å². The topological polar surface area (TPSA) is 76.8 Å². The number of aryl methyl sites for hydroxylation is 1. The second kappa shape index (κ2) is 7.63. The largest absolute Gasteiger partial charge is 0.468 e. The van der Waals surface area contributed by atoms with E-state index in [1.165, 1.54) is 18.4 Å². The molecule has 2 aromatic rings. The van der Waals surface area contributed by atoms with Gasteiger partial charge in [0.25, 0.3) is 0 Å². The Balaban J connectivity index is 2.29. The molecule has 0 fully saturated rings. The Kier molecular flexibility index (Phi) is 5.80. The molecule has 0 aliphatic carbocycles. The van der Waals surface area contributed by atoms with E-state index in [-0.39, 0.29) is 24.1 Å². The fourth-order valence-corrected chi connectivity index (χ4v) is 3.46. The summed E-state index contributed by atoms with van der Waals surface area (Å²) in [5.41, 5.74) is 0.950. The quantitative estimate of drug-likeness (QED) is 0.717. The van der Waals surface area contributed by atoms with Crippen LogP contribution in [0.3, 0.4) is 0 Å². The number of furan rings is 1. The van der Waals surface area contributed by atoms with E-state index in [0.29, 0.717) is 5.76 Å². The van der Waals surface area contributed by atoms with Crippen LogP contribution >= 0.6 is 0 Å². The molecule has 0 aliphatic rings. The van der Waals surface area contributed by atoms with Gasteiger partial charge in [0, 0.05) is 0 Å². The van der Waals surface area contributed by atoms with Crippen LogP contribution in [0.4, 0.5) is 0 Å². The molecular weight excluding hydrogens is 330 g/mol. The predicted molar refractivity (Wildman–Crippen MR) is 88.7 cm³/mol. The molecule has 0 N–H and O–H groups in total. The molecule has 0 saturated heterocycles. The first-order valence-electron chi connectivity index (χ1n) is 7.57. The van der Waals surface area contributed by atoms with Crippen molar-refractivity contribution in [3.05, 3.63) is 54.0 Å². The maximum Gasteiger partial charge on any atom is 0.321 e. The van der Waals surface area contributed by atoms with E-state index in [1.54, 1.807) is 38.1 Å². The van der Waals surface area contributed by atoms with Gasteiger partial charge in [0.1, 0.15) is 12.3 Å². The fraction of sp³-hybridized carbons (Fsp3) is 0.353. The van der Waals surface area contributed by atoms with Gasteiger partial charge in [-0.2, -0.15) is 4.31 Å². The number of nitrogens with zero attached hydrogens (tertiary/aromatic N) is 1. The molecule has 7 heteroatoms. The van der Waals surface area contributed by atoms with Crippen molar-refractivity contribution in [2.45, 2.75) is 38.3 Å². The second-order valence-corrected chi connectivity index (χ2v) is 7.64. The molecule has 0 saturated carbocycles. The average molecular weight is 351 g/mol. The molecule has 130 valence electrons. The summed E-state index contributed by atoms with van der Waals surface area (Å²) in [6.45, 7) is 4.87. The summed E-state index contributed by atoms with van der Waals surface area (Å²) in [4.78, 5) is 12.1. The van der Waals surface area contributed by atoms with Gasteiger partial charge in [-0.1, -0.05) is 17.7 Å². The molecule has 1 aromatic heterocycles. The van der Waals surface area contributed by atoms with E-state index < -0.39 is 16.0 Å². The Hall–Kier alpha value is -2.12. The first kappa shape index (κ1) is 18.2. The van der Waals surface area contributed by atoms with Crippen LogP contribution in [0, 0.1) is 6.92 Å². The van der Waals surface area contributed by atoms with Gasteiger partial charge in [0.15, 0.2) is 0 Å². The van der Waals surface area contributed by atoms with Crippen LogP contribution in [0.2, 0.25) is 0 Å². The lowest BCUT2D eigenvalue weighted by Gasteiger charge is -2.21. The van der Waals surface area contributed by atoms with Gasteiger partial charge in [0.05, 0.1) is 23.8 Å². The van der Waals surface area contributed by atoms with Crippen LogP contribution in [-0.2, 0) is 26.1 Å². The highest BCUT2D eigenvalue weighted by molar-refractivity contribution is 7.89. The third-order valence-corrected chi connectivity index (χ3v) is 5.05. The van der Waals surface area contributed by atoms with Crippen LogP contribution in [0.25, 0.3) is 0 Å². The van der Waals surface area contributed by atoms with Gasteiger partial charge >= 0.3 is 5.97 Å². The summed E-state index contributed by atoms with van der Waals surface area (Å²) in [7, 11) is -3.85. The van der Waals surface area contributed by atoms with Gasteiger partial charge in [-0.15, -0.1) is 0 Å². The van der Waals surface area contributed by atoms with Crippen molar-refractivity contribution in [1.82, 2.24) is 4.31 Å². The van der Waals surface area contributed by atoms with Gasteiger partial charge < -0.3 is 9.15 Å². The maximum atomic E-state index is 12.9. The Morgan fingerprint density at radius 2 is 1.88 bits per heavy atom. The molecule has 0 unspecified atom stereocenters. The van der Waals surface area contributed by atoms with E-state index in [4.69, 9.17) is 9.15 Å². The summed E-state index contributed by atoms with van der Waals surface area (Å²) in [5, 5.41) is 0. The third-order valence-electron chi connectivity index (χ3n) is 3.24. The maximum absolute atomic E-state index is 12.9. The summed E-state index contributed by atoms with van der Waals surface area (Å²) in [6, 6.07) is 9.79. The standard InChI is InChI=1S/C17H21NO5S/c1-13(2)23-17(19)12-18(11-15-5-4-10-22-15)24(20,21)16-8-6-14(3)7-9-16/h4-10,13H,11-12H2,1-3H3. The number of rotatable bonds is 7. The normalized spacial score (nSPS) is 11.9. The van der Waals surface area contributed by atoms with E-state index in [9.17, 15) is 13.2 Å². The smallest absolute Gasteiger partial charge is 0.321 e. The minimum Gasteiger partial charge on any atom is -0.468 e. The highest BCUT2D eigenvalue weighted by atomic mass is 32.2. The Bertz CT molecular complexity index is 764. The highest BCUT2D eigenvalue weighted by Crippen LogP contribution is 2.19. The molecule has 1 heterocycles. The number of esters is 1. The van der Waals surface area contributed by atoms with Crippen molar-refractivity contribution in [1.29, 1.82) is 0 Å². The fourth-order valence-electron chi connectivity index (χ4n) is 2.11. The van der Waals surface area contributed by atoms with Crippen molar-refractivity contribution >= 4 is 16.0 Å². The molecule has 0 spiro atoms. The molecule has 0 bridgehead atoms. The SMILES string of the molecule is Cc1ccc(S(=O)(=O)N(CC(=O)OC(C)C)Cc2ccco2)cc1. The lowest BCUT2D eigenvalue weighted by atomic mass is 10.2. The zero-order valence-electron chi connectivity index (χ0n) is 13.9. The molecule has 0 atom stereocenters. The summed E-state index contributed by atoms with van der Waals surface area (Å²) in [6.07, 6.45) is 1.14. The van der Waals surface area contributed by atoms with Crippen molar-refractivity contribution < 1.29 is 22.4 Å². The molecule has 0 radical (unpaired) electrons. The zero-order chi connectivity index (χ0) is 17.7. The number of sulfonamides is 1. The average Bonchev–Trinajstić information content (AvgIpc) is 2.99. The number of hydrogen-bond acceptors (Lipinski definition) is 5. The predicted octanol–water partition coefficient (Wildman–Crippen LogP) is 2.73. The number of carbonyl (C=O) groups excluding carboxylic acids is 1. The van der Waals surface area contributed by atoms with Crippen LogP contribution in [0.5, 0.6) is 0 Å². The van der Waals surface area contributed by atoms with Gasteiger partial charge in [-0.25, -0.2) is 8.42 Å². The molecule has 24 heavy (non-hydrogen) atoms. The van der Waals surface area contributed by atoms with Crippen molar-refractivity contribution in [3.8, 4) is 0 Å². The minimum atomic E-state index is -3.85. The van der Waals surface area contributed by atoms with Crippen LogP contribution in [0.1, 0.15) is 25.2 Å². The minimum absolute atomic E-state index is 0.0452. The second-order valence-electron chi connectivity index (χ2n) is 5.70. The lowest BCUT2D eigenvalue weighted by molar-refractivity contribution is -0.147. The third kappa shape index (κ3) is 4.69. The van der Waals surface area contributed by atoms with Crippen LogP contribution in [-0.4, -0.2) is 31.3 Å². The number of ether oxygens (including phenoxy) is 1. The number of benzene rings is 1. The molecule has 1 aromatic carbocycles. The van der Waals surface area contributed by atoms with Gasteiger partial charge in [-0.3, -0.25) is 4.79 Å². The molecule has 0 aliphatic heterocycles. The molecule has 2 rings (SSSR count). The first-order chi connectivity index (χ1) is 11.3. The number of hydrogen-bond donors (Lipinski definition) is 0. The van der Waals surface area contributed by atoms with Crippen LogP contribution < -0.4 is 0 Å². The Labute approximate surface area is 142 Å². The monoisotopic (exact) mass is 351 g/mol. The zero-order valence-corrected chi connectivity index (χ0v) is 14.7. The van der Waals surface area contributed by atoms with Gasteiger partial charge in [-0.05, 0) is 45.0 Å². The summed E-state index contributed by atoms with van der Waals surface area (Å²) in [5.74, 6) is -0.157.